The van der Waals surface area contributed by atoms with Crippen LogP contribution in [0.4, 0.5) is 0 Å². The average Bonchev–Trinajstić information content (AvgIpc) is 2.93. The van der Waals surface area contributed by atoms with Crippen LogP contribution in [0, 0.1) is 0 Å². The topological polar surface area (TPSA) is 35.9 Å². The van der Waals surface area contributed by atoms with Crippen LogP contribution >= 0.6 is 11.6 Å². The third-order valence-electron chi connectivity index (χ3n) is 3.76. The van der Waals surface area contributed by atoms with Gasteiger partial charge in [0.15, 0.2) is 11.5 Å². The number of phenols is 1. The first-order valence-electron chi connectivity index (χ1n) is 7.06. The fourth-order valence-corrected chi connectivity index (χ4v) is 2.82. The van der Waals surface area contributed by atoms with Crippen LogP contribution in [0.2, 0.25) is 5.02 Å². The number of halogens is 1. The van der Waals surface area contributed by atoms with Crippen molar-refractivity contribution in [1.82, 2.24) is 9.80 Å². The van der Waals surface area contributed by atoms with Gasteiger partial charge in [0.05, 0.1) is 12.1 Å². The number of hydrogen-bond donors (Lipinski definition) is 1. The first-order chi connectivity index (χ1) is 9.60. The number of benzene rings is 1. The van der Waals surface area contributed by atoms with Gasteiger partial charge in [0, 0.05) is 19.6 Å². The summed E-state index contributed by atoms with van der Waals surface area (Å²) in [4.78, 5) is 4.77. The Morgan fingerprint density at radius 1 is 1.35 bits per heavy atom. The van der Waals surface area contributed by atoms with Gasteiger partial charge in [0.2, 0.25) is 0 Å². The lowest BCUT2D eigenvalue weighted by atomic mass is 10.2. The van der Waals surface area contributed by atoms with Crippen molar-refractivity contribution in [2.75, 3.05) is 40.3 Å². The molecule has 5 heteroatoms. The first kappa shape index (κ1) is 15.4. The largest absolute Gasteiger partial charge is 0.503 e. The summed E-state index contributed by atoms with van der Waals surface area (Å²) in [5, 5.41) is 10.1. The summed E-state index contributed by atoms with van der Waals surface area (Å²) in [5.41, 5.74) is 1.05. The maximum Gasteiger partial charge on any atom is 0.176 e. The Hall–Kier alpha value is -0.970. The van der Waals surface area contributed by atoms with E-state index in [0.717, 1.165) is 25.2 Å². The molecule has 0 spiro atoms. The molecule has 0 saturated carbocycles. The molecule has 1 aliphatic rings. The van der Waals surface area contributed by atoms with E-state index in [1.54, 1.807) is 6.07 Å². The summed E-state index contributed by atoms with van der Waals surface area (Å²) in [7, 11) is 3.63. The number of rotatable bonds is 6. The number of hydrogen-bond acceptors (Lipinski definition) is 4. The van der Waals surface area contributed by atoms with E-state index in [4.69, 9.17) is 16.3 Å². The molecule has 0 amide bonds. The van der Waals surface area contributed by atoms with Gasteiger partial charge in [-0.3, -0.25) is 0 Å². The molecule has 1 aromatic carbocycles. The van der Waals surface area contributed by atoms with Gasteiger partial charge in [-0.15, -0.1) is 0 Å². The van der Waals surface area contributed by atoms with Gasteiger partial charge in [-0.25, -0.2) is 0 Å². The van der Waals surface area contributed by atoms with Crippen molar-refractivity contribution in [3.05, 3.63) is 22.7 Å². The summed E-state index contributed by atoms with van der Waals surface area (Å²) >= 11 is 6.01. The number of methoxy groups -OCH3 is 1. The minimum atomic E-state index is 0.0117. The van der Waals surface area contributed by atoms with E-state index in [-0.39, 0.29) is 5.75 Å². The third kappa shape index (κ3) is 4.01. The molecular formula is C15H23ClN2O2. The number of aromatic hydroxyl groups is 1. The molecule has 0 atom stereocenters. The van der Waals surface area contributed by atoms with Crippen LogP contribution in [0.1, 0.15) is 18.4 Å². The number of phenolic OH excluding ortho intramolecular Hbond substituents is 1. The van der Waals surface area contributed by atoms with E-state index in [1.165, 1.54) is 33.0 Å². The van der Waals surface area contributed by atoms with E-state index in [0.29, 0.717) is 10.8 Å². The smallest absolute Gasteiger partial charge is 0.176 e. The van der Waals surface area contributed by atoms with Crippen molar-refractivity contribution in [3.63, 3.8) is 0 Å². The Morgan fingerprint density at radius 3 is 2.70 bits per heavy atom. The van der Waals surface area contributed by atoms with Crippen LogP contribution in [0.5, 0.6) is 11.5 Å². The van der Waals surface area contributed by atoms with Gasteiger partial charge >= 0.3 is 0 Å². The van der Waals surface area contributed by atoms with E-state index in [1.807, 2.05) is 6.07 Å². The summed E-state index contributed by atoms with van der Waals surface area (Å²) < 4.78 is 5.13. The zero-order valence-corrected chi connectivity index (χ0v) is 13.0. The predicted octanol–water partition coefficient (Wildman–Crippen LogP) is 2.58. The van der Waals surface area contributed by atoms with E-state index >= 15 is 0 Å². The molecule has 0 aromatic heterocycles. The molecule has 0 bridgehead atoms. The summed E-state index contributed by atoms with van der Waals surface area (Å²) in [5.74, 6) is 0.443. The van der Waals surface area contributed by atoms with Crippen LogP contribution in [0.15, 0.2) is 12.1 Å². The highest BCUT2D eigenvalue weighted by molar-refractivity contribution is 6.32. The molecule has 1 saturated heterocycles. The van der Waals surface area contributed by atoms with Crippen molar-refractivity contribution >= 4 is 11.6 Å². The number of ether oxygens (including phenoxy) is 1. The van der Waals surface area contributed by atoms with Crippen molar-refractivity contribution in [1.29, 1.82) is 0 Å². The van der Waals surface area contributed by atoms with E-state index in [2.05, 4.69) is 16.8 Å². The molecule has 0 radical (unpaired) electrons. The number of likely N-dealkylation sites (tertiary alicyclic amines) is 1. The molecule has 112 valence electrons. The van der Waals surface area contributed by atoms with Crippen LogP contribution in [-0.4, -0.2) is 55.2 Å². The number of likely N-dealkylation sites (N-methyl/N-ethyl adjacent to an activating group) is 1. The molecular weight excluding hydrogens is 276 g/mol. The quantitative estimate of drug-likeness (QED) is 0.876. The Labute approximate surface area is 125 Å². The van der Waals surface area contributed by atoms with Crippen molar-refractivity contribution in [2.45, 2.75) is 19.4 Å². The zero-order chi connectivity index (χ0) is 14.5. The van der Waals surface area contributed by atoms with Crippen molar-refractivity contribution in [2.24, 2.45) is 0 Å². The fraction of sp³-hybridized carbons (Fsp3) is 0.600. The second kappa shape index (κ2) is 7.16. The lowest BCUT2D eigenvalue weighted by Gasteiger charge is -2.21. The van der Waals surface area contributed by atoms with Crippen LogP contribution in [0.3, 0.4) is 0 Å². The van der Waals surface area contributed by atoms with Crippen LogP contribution < -0.4 is 4.74 Å². The standard InChI is InChI=1S/C15H23ClN2O2/c1-17(7-8-18-5-3-4-6-18)11-12-9-13(16)15(19)14(10-12)20-2/h9-10,19H,3-8,11H2,1-2H3. The zero-order valence-electron chi connectivity index (χ0n) is 12.2. The Balaban J connectivity index is 1.89. The fourth-order valence-electron chi connectivity index (χ4n) is 2.58. The van der Waals surface area contributed by atoms with Gasteiger partial charge in [-0.1, -0.05) is 11.6 Å². The minimum absolute atomic E-state index is 0.0117. The molecule has 1 N–H and O–H groups in total. The highest BCUT2D eigenvalue weighted by Crippen LogP contribution is 2.35. The molecule has 0 unspecified atom stereocenters. The monoisotopic (exact) mass is 298 g/mol. The third-order valence-corrected chi connectivity index (χ3v) is 4.05. The second-order valence-corrected chi connectivity index (χ2v) is 5.82. The second-order valence-electron chi connectivity index (χ2n) is 5.42. The SMILES string of the molecule is COc1cc(CN(C)CCN2CCCC2)cc(Cl)c1O. The molecule has 0 aliphatic carbocycles. The Bertz CT molecular complexity index is 448. The molecule has 1 aromatic rings. The highest BCUT2D eigenvalue weighted by Gasteiger charge is 2.13. The predicted molar refractivity (Wildman–Crippen MR) is 81.7 cm³/mol. The van der Waals surface area contributed by atoms with E-state index < -0.39 is 0 Å². The molecule has 1 aliphatic heterocycles. The van der Waals surface area contributed by atoms with E-state index in [9.17, 15) is 5.11 Å². The molecule has 1 fully saturated rings. The Morgan fingerprint density at radius 2 is 2.05 bits per heavy atom. The van der Waals surface area contributed by atoms with Gasteiger partial charge < -0.3 is 19.6 Å². The maximum absolute atomic E-state index is 9.73. The highest BCUT2D eigenvalue weighted by atomic mass is 35.5. The van der Waals surface area contributed by atoms with Crippen LogP contribution in [0.25, 0.3) is 0 Å². The molecule has 4 nitrogen and oxygen atoms in total. The van der Waals surface area contributed by atoms with Gasteiger partial charge in [0.1, 0.15) is 0 Å². The summed E-state index contributed by atoms with van der Waals surface area (Å²) in [6, 6.07) is 3.64. The summed E-state index contributed by atoms with van der Waals surface area (Å²) in [6.45, 7) is 5.39. The molecule has 20 heavy (non-hydrogen) atoms. The normalized spacial score (nSPS) is 16.0. The first-order valence-corrected chi connectivity index (χ1v) is 7.44. The lowest BCUT2D eigenvalue weighted by Crippen LogP contribution is -2.31. The minimum Gasteiger partial charge on any atom is -0.503 e. The number of nitrogens with zero attached hydrogens (tertiary/aromatic N) is 2. The maximum atomic E-state index is 9.73. The summed E-state index contributed by atoms with van der Waals surface area (Å²) in [6.07, 6.45) is 2.66. The van der Waals surface area contributed by atoms with Crippen molar-refractivity contribution < 1.29 is 9.84 Å². The molecule has 1 heterocycles. The molecule has 2 rings (SSSR count). The lowest BCUT2D eigenvalue weighted by molar-refractivity contribution is 0.252. The van der Waals surface area contributed by atoms with Crippen molar-refractivity contribution in [3.8, 4) is 11.5 Å². The van der Waals surface area contributed by atoms with Gasteiger partial charge in [-0.2, -0.15) is 0 Å². The van der Waals surface area contributed by atoms with Gasteiger partial charge in [0.25, 0.3) is 0 Å². The Kier molecular flexibility index (Phi) is 5.52. The average molecular weight is 299 g/mol. The van der Waals surface area contributed by atoms with Gasteiger partial charge in [-0.05, 0) is 50.7 Å². The van der Waals surface area contributed by atoms with Crippen LogP contribution in [-0.2, 0) is 6.54 Å².